The summed E-state index contributed by atoms with van der Waals surface area (Å²) in [6, 6.07) is 11.0. The largest absolute Gasteiger partial charge is 0.333 e. The molecule has 2 aliphatic rings. The summed E-state index contributed by atoms with van der Waals surface area (Å²) >= 11 is 8.09. The highest BCUT2D eigenvalue weighted by Gasteiger charge is 2.41. The van der Waals surface area contributed by atoms with E-state index in [4.69, 9.17) is 16.6 Å². The van der Waals surface area contributed by atoms with Crippen LogP contribution < -0.4 is 10.0 Å². The Kier molecular flexibility index (Phi) is 7.75. The minimum Gasteiger partial charge on any atom is -0.332 e. The molecule has 2 aromatic heterocycles. The number of hydrogen-bond donors (Lipinski definition) is 2. The Balaban J connectivity index is 1.40. The van der Waals surface area contributed by atoms with Crippen molar-refractivity contribution in [3.05, 3.63) is 105 Å². The van der Waals surface area contributed by atoms with Crippen LogP contribution in [0.5, 0.6) is 0 Å². The number of sulfonamides is 1. The van der Waals surface area contributed by atoms with Crippen molar-refractivity contribution < 1.29 is 22.0 Å². The lowest BCUT2D eigenvalue weighted by atomic mass is 9.90. The predicted molar refractivity (Wildman–Crippen MR) is 158 cm³/mol. The lowest BCUT2D eigenvalue weighted by Gasteiger charge is -2.32. The molecule has 2 aromatic carbocycles. The van der Waals surface area contributed by atoms with Crippen LogP contribution in [0.3, 0.4) is 0 Å². The van der Waals surface area contributed by atoms with Gasteiger partial charge in [0.1, 0.15) is 6.04 Å². The van der Waals surface area contributed by atoms with Crippen LogP contribution in [-0.2, 0) is 10.0 Å². The molecule has 4 heterocycles. The number of hydrogen-bond acceptors (Lipinski definition) is 8. The molecule has 2 amide bonds. The molecule has 0 bridgehead atoms. The van der Waals surface area contributed by atoms with E-state index >= 15 is 0 Å². The van der Waals surface area contributed by atoms with Crippen molar-refractivity contribution in [1.82, 2.24) is 29.7 Å². The zero-order chi connectivity index (χ0) is 30.3. The molecule has 4 aromatic rings. The second-order valence-electron chi connectivity index (χ2n) is 9.97. The number of aryl methyl sites for hydroxylation is 1. The van der Waals surface area contributed by atoms with Crippen LogP contribution in [0.1, 0.15) is 40.7 Å². The Bertz CT molecular complexity index is 1840. The zero-order valence-corrected chi connectivity index (χ0v) is 24.9. The third kappa shape index (κ3) is 5.77. The van der Waals surface area contributed by atoms with E-state index in [-0.39, 0.29) is 17.9 Å². The molecule has 2 atom stereocenters. The van der Waals surface area contributed by atoms with E-state index in [1.54, 1.807) is 24.4 Å². The highest BCUT2D eigenvalue weighted by atomic mass is 35.5. The van der Waals surface area contributed by atoms with Crippen LogP contribution in [0, 0.1) is 6.92 Å². The molecule has 10 nitrogen and oxygen atoms in total. The molecule has 15 heteroatoms. The molecule has 0 radical (unpaired) electrons. The Morgan fingerprint density at radius 3 is 2.65 bits per heavy atom. The van der Waals surface area contributed by atoms with Crippen LogP contribution in [0.25, 0.3) is 5.57 Å². The van der Waals surface area contributed by atoms with Crippen molar-refractivity contribution in [2.75, 3.05) is 6.54 Å². The summed E-state index contributed by atoms with van der Waals surface area (Å²) in [5.41, 5.74) is 3.32. The molecule has 0 spiro atoms. The van der Waals surface area contributed by atoms with Crippen LogP contribution in [0.15, 0.2) is 88.1 Å². The van der Waals surface area contributed by atoms with Crippen molar-refractivity contribution >= 4 is 50.4 Å². The lowest BCUT2D eigenvalue weighted by Crippen LogP contribution is -2.45. The molecule has 0 saturated carbocycles. The maximum absolute atomic E-state index is 13.6. The number of carbonyl (C=O) groups is 1. The number of nitrogens with one attached hydrogen (secondary N) is 2. The molecule has 2 aliphatic heterocycles. The number of halogens is 3. The van der Waals surface area contributed by atoms with Gasteiger partial charge in [0.05, 0.1) is 17.1 Å². The Morgan fingerprint density at radius 2 is 1.98 bits per heavy atom. The summed E-state index contributed by atoms with van der Waals surface area (Å²) in [5, 5.41) is 9.49. The second-order valence-corrected chi connectivity index (χ2v) is 13.0. The van der Waals surface area contributed by atoms with Gasteiger partial charge < -0.3 is 10.2 Å². The smallest absolute Gasteiger partial charge is 0.332 e. The molecule has 6 rings (SSSR count). The quantitative estimate of drug-likeness (QED) is 0.279. The normalized spacial score (nSPS) is 18.5. The third-order valence-electron chi connectivity index (χ3n) is 7.06. The van der Waals surface area contributed by atoms with E-state index in [1.165, 1.54) is 35.9 Å². The van der Waals surface area contributed by atoms with Gasteiger partial charge in [-0.15, -0.1) is 11.3 Å². The van der Waals surface area contributed by atoms with Gasteiger partial charge in [-0.3, -0.25) is 4.99 Å². The van der Waals surface area contributed by atoms with Crippen LogP contribution in [0.4, 0.5) is 13.6 Å². The minimum absolute atomic E-state index is 0.0500. The summed E-state index contributed by atoms with van der Waals surface area (Å²) in [6.07, 6.45) is 4.50. The monoisotopic (exact) mass is 643 g/mol. The predicted octanol–water partition coefficient (Wildman–Crippen LogP) is 5.37. The first-order valence-electron chi connectivity index (χ1n) is 13.1. The van der Waals surface area contributed by atoms with Crippen molar-refractivity contribution in [2.45, 2.75) is 36.9 Å². The number of amides is 2. The molecule has 222 valence electrons. The van der Waals surface area contributed by atoms with Gasteiger partial charge in [0.2, 0.25) is 0 Å². The number of fused-ring (bicyclic) bond motifs is 1. The maximum Gasteiger partial charge on any atom is 0.333 e. The summed E-state index contributed by atoms with van der Waals surface area (Å²) in [7, 11) is -4.10. The van der Waals surface area contributed by atoms with Gasteiger partial charge in [-0.2, -0.15) is 13.9 Å². The first-order chi connectivity index (χ1) is 20.6. The molecule has 0 aliphatic carbocycles. The number of benzene rings is 2. The van der Waals surface area contributed by atoms with Gasteiger partial charge >= 0.3 is 12.6 Å². The number of thiazole rings is 1. The second kappa shape index (κ2) is 11.5. The van der Waals surface area contributed by atoms with E-state index < -0.39 is 34.7 Å². The SMILES string of the molecule is Cc1ccc([C@@H]2N=C(c3nccs3)N3C[C@@H](NC(=O)NS(=O)(=O)c4ccccc4)CC3=C2c2cnn(C(F)F)c2)c(Cl)c1. The molecular weight excluding hydrogens is 620 g/mol. The fourth-order valence-corrected chi connectivity index (χ4v) is 7.12. The van der Waals surface area contributed by atoms with Crippen molar-refractivity contribution in [3.8, 4) is 0 Å². The standard InChI is InChI=1S/C28H24ClF2N7O3S2/c1-16-7-8-20(21(29)11-16)24-23(17-13-33-38(14-17)27(30)31)22-12-18(15-37(22)25(35-24)26-32-9-10-42-26)34-28(39)36-43(40,41)19-5-3-2-4-6-19/h2-11,13-14,18,24,27H,12,15H2,1H3,(H2,34,36,39)/t18-,24-/m0/s1. The highest BCUT2D eigenvalue weighted by Crippen LogP contribution is 2.46. The van der Waals surface area contributed by atoms with E-state index in [0.717, 1.165) is 5.56 Å². The average molecular weight is 644 g/mol. The number of aromatic nitrogens is 3. The zero-order valence-electron chi connectivity index (χ0n) is 22.5. The number of rotatable bonds is 7. The molecule has 2 N–H and O–H groups in total. The van der Waals surface area contributed by atoms with E-state index in [9.17, 15) is 22.0 Å². The summed E-state index contributed by atoms with van der Waals surface area (Å²) in [6.45, 7) is -0.707. The Morgan fingerprint density at radius 1 is 1.19 bits per heavy atom. The van der Waals surface area contributed by atoms with Crippen molar-refractivity contribution in [3.63, 3.8) is 0 Å². The van der Waals surface area contributed by atoms with Gasteiger partial charge in [0.25, 0.3) is 10.0 Å². The molecular formula is C28H24ClF2N7O3S2. The highest BCUT2D eigenvalue weighted by molar-refractivity contribution is 7.90. The fourth-order valence-electron chi connectivity index (χ4n) is 5.21. The fraction of sp³-hybridized carbons (Fsp3) is 0.214. The van der Waals surface area contributed by atoms with Gasteiger partial charge in [0, 0.05) is 52.6 Å². The number of alkyl halides is 2. The van der Waals surface area contributed by atoms with Gasteiger partial charge in [-0.1, -0.05) is 41.9 Å². The Labute approximate surface area is 254 Å². The number of nitrogens with zero attached hydrogens (tertiary/aromatic N) is 5. The van der Waals surface area contributed by atoms with E-state index in [1.807, 2.05) is 35.4 Å². The first kappa shape index (κ1) is 29.0. The molecule has 1 fully saturated rings. The summed E-state index contributed by atoms with van der Waals surface area (Å²) < 4.78 is 55.2. The number of carbonyl (C=O) groups excluding carboxylic acids is 1. The first-order valence-corrected chi connectivity index (χ1v) is 15.8. The minimum atomic E-state index is -4.10. The number of aliphatic imine (C=N–C) groups is 1. The van der Waals surface area contributed by atoms with Crippen molar-refractivity contribution in [1.29, 1.82) is 0 Å². The van der Waals surface area contributed by atoms with E-state index in [2.05, 4.69) is 20.1 Å². The Hall–Kier alpha value is -4.14. The average Bonchev–Trinajstić information content (AvgIpc) is 3.74. The third-order valence-corrected chi connectivity index (χ3v) is 9.51. The maximum atomic E-state index is 13.6. The molecule has 43 heavy (non-hydrogen) atoms. The van der Waals surface area contributed by atoms with Crippen LogP contribution >= 0.6 is 22.9 Å². The summed E-state index contributed by atoms with van der Waals surface area (Å²) in [4.78, 5) is 24.2. The summed E-state index contributed by atoms with van der Waals surface area (Å²) in [5.74, 6) is 0.526. The lowest BCUT2D eigenvalue weighted by molar-refractivity contribution is 0.0566. The number of urea groups is 1. The molecule has 0 unspecified atom stereocenters. The number of amidine groups is 1. The van der Waals surface area contributed by atoms with Crippen LogP contribution in [0.2, 0.25) is 5.02 Å². The van der Waals surface area contributed by atoms with Gasteiger partial charge in [0.15, 0.2) is 10.8 Å². The van der Waals surface area contributed by atoms with Gasteiger partial charge in [-0.25, -0.2) is 27.6 Å². The topological polar surface area (TPSA) is 122 Å². The van der Waals surface area contributed by atoms with Crippen LogP contribution in [-0.4, -0.2) is 52.5 Å². The molecule has 1 saturated heterocycles. The van der Waals surface area contributed by atoms with E-state index in [0.29, 0.717) is 42.9 Å². The van der Waals surface area contributed by atoms with Gasteiger partial charge in [-0.05, 0) is 36.2 Å². The van der Waals surface area contributed by atoms with Crippen molar-refractivity contribution in [2.24, 2.45) is 4.99 Å².